The van der Waals surface area contributed by atoms with Crippen LogP contribution in [0.4, 0.5) is 0 Å². The molecular weight excluding hydrogens is 518 g/mol. The second kappa shape index (κ2) is 9.83. The Morgan fingerprint density at radius 2 is 1.73 bits per heavy atom. The highest BCUT2D eigenvalue weighted by Gasteiger charge is 2.72. The van der Waals surface area contributed by atoms with Crippen molar-refractivity contribution < 1.29 is 39.3 Å². The molecule has 1 heterocycles. The first-order chi connectivity index (χ1) is 18.7. The number of ketones is 4. The molecule has 4 aliphatic rings. The van der Waals surface area contributed by atoms with Gasteiger partial charge >= 0.3 is 0 Å². The third kappa shape index (κ3) is 3.89. The number of aromatic hydroxyl groups is 1. The van der Waals surface area contributed by atoms with E-state index in [1.807, 2.05) is 0 Å². The Labute approximate surface area is 232 Å². The van der Waals surface area contributed by atoms with Crippen LogP contribution in [0, 0.1) is 29.6 Å². The Balaban J connectivity index is 1.59. The number of carbonyl (C=O) groups is 5. The van der Waals surface area contributed by atoms with E-state index < -0.39 is 76.4 Å². The van der Waals surface area contributed by atoms with Gasteiger partial charge in [-0.25, -0.2) is 0 Å². The molecule has 0 radical (unpaired) electrons. The van der Waals surface area contributed by atoms with Crippen molar-refractivity contribution in [1.82, 2.24) is 9.80 Å². The molecule has 216 valence electrons. The van der Waals surface area contributed by atoms with Crippen LogP contribution in [-0.2, 0) is 25.7 Å². The van der Waals surface area contributed by atoms with E-state index in [0.717, 1.165) is 25.9 Å². The van der Waals surface area contributed by atoms with Gasteiger partial charge in [0, 0.05) is 18.0 Å². The summed E-state index contributed by atoms with van der Waals surface area (Å²) in [5, 5.41) is 34.7. The van der Waals surface area contributed by atoms with E-state index >= 15 is 0 Å². The molecule has 1 amide bonds. The number of hydrogen-bond donors (Lipinski definition) is 4. The summed E-state index contributed by atoms with van der Waals surface area (Å²) in [7, 11) is 2.93. The van der Waals surface area contributed by atoms with Crippen molar-refractivity contribution in [3.05, 3.63) is 28.8 Å². The van der Waals surface area contributed by atoms with Crippen molar-refractivity contribution >= 4 is 29.0 Å². The molecule has 11 heteroatoms. The summed E-state index contributed by atoms with van der Waals surface area (Å²) < 4.78 is 0. The first kappa shape index (κ1) is 28.5. The number of hydrogen-bond acceptors (Lipinski definition) is 10. The molecule has 0 spiro atoms. The van der Waals surface area contributed by atoms with Gasteiger partial charge in [-0.15, -0.1) is 0 Å². The number of likely N-dealkylation sites (N-methyl/N-ethyl adjacent to an activating group) is 1. The van der Waals surface area contributed by atoms with Crippen LogP contribution in [0.2, 0.25) is 0 Å². The molecule has 5 N–H and O–H groups in total. The molecule has 1 aliphatic heterocycles. The number of piperidine rings is 1. The molecule has 3 unspecified atom stereocenters. The minimum absolute atomic E-state index is 0.0610. The van der Waals surface area contributed by atoms with Gasteiger partial charge in [0.05, 0.1) is 29.5 Å². The predicted octanol–water partition coefficient (Wildman–Crippen LogP) is -0.369. The Bertz CT molecular complexity index is 1300. The lowest BCUT2D eigenvalue weighted by atomic mass is 9.49. The van der Waals surface area contributed by atoms with Crippen molar-refractivity contribution in [2.75, 3.05) is 27.2 Å². The Kier molecular flexibility index (Phi) is 7.01. The summed E-state index contributed by atoms with van der Waals surface area (Å²) in [4.78, 5) is 70.4. The van der Waals surface area contributed by atoms with Crippen LogP contribution in [0.1, 0.15) is 54.1 Å². The minimum atomic E-state index is -2.99. The molecule has 1 saturated heterocycles. The van der Waals surface area contributed by atoms with E-state index in [4.69, 9.17) is 5.73 Å². The lowest BCUT2D eigenvalue weighted by molar-refractivity contribution is -0.196. The molecule has 2 saturated carbocycles. The highest BCUT2D eigenvalue weighted by atomic mass is 16.3. The smallest absolute Gasteiger partial charge is 0.235 e. The number of aliphatic hydroxyl groups is 2. The number of primary amides is 1. The number of fused-ring (bicyclic) bond motifs is 3. The maximum absolute atomic E-state index is 14.0. The first-order valence-electron chi connectivity index (χ1n) is 13.8. The van der Waals surface area contributed by atoms with E-state index in [0.29, 0.717) is 23.6 Å². The van der Waals surface area contributed by atoms with Gasteiger partial charge in [-0.1, -0.05) is 26.0 Å². The molecule has 1 aromatic carbocycles. The monoisotopic (exact) mass is 555 g/mol. The average Bonchev–Trinajstić information content (AvgIpc) is 2.88. The fraction of sp³-hybridized carbons (Fsp3) is 0.621. The molecule has 0 bridgehead atoms. The number of aliphatic hydroxyl groups excluding tert-OH is 1. The van der Waals surface area contributed by atoms with Crippen molar-refractivity contribution in [1.29, 1.82) is 0 Å². The normalized spacial score (nSPS) is 36.8. The number of nitrogens with two attached hydrogens (primary N) is 1. The van der Waals surface area contributed by atoms with E-state index in [2.05, 4.69) is 11.8 Å². The van der Waals surface area contributed by atoms with Crippen molar-refractivity contribution in [2.45, 2.75) is 56.9 Å². The van der Waals surface area contributed by atoms with Gasteiger partial charge in [0.25, 0.3) is 0 Å². The summed E-state index contributed by atoms with van der Waals surface area (Å²) in [6.45, 7) is 6.01. The largest absolute Gasteiger partial charge is 0.507 e. The summed E-state index contributed by atoms with van der Waals surface area (Å²) >= 11 is 0. The highest BCUT2D eigenvalue weighted by Crippen LogP contribution is 2.54. The third-order valence-corrected chi connectivity index (χ3v) is 9.84. The van der Waals surface area contributed by atoms with Gasteiger partial charge in [-0.3, -0.25) is 33.8 Å². The van der Waals surface area contributed by atoms with Crippen LogP contribution < -0.4 is 5.73 Å². The second-order valence-corrected chi connectivity index (χ2v) is 12.4. The predicted molar refractivity (Wildman–Crippen MR) is 141 cm³/mol. The number of phenolic OH excluding ortho intramolecular Hbond substituents is 1. The van der Waals surface area contributed by atoms with Crippen molar-refractivity contribution in [2.24, 2.45) is 35.3 Å². The summed E-state index contributed by atoms with van der Waals surface area (Å²) in [5.41, 5.74) is 3.26. The van der Waals surface area contributed by atoms with E-state index in [1.54, 1.807) is 19.1 Å². The lowest BCUT2D eigenvalue weighted by Gasteiger charge is -2.56. The standard InChI is InChI=1S/C29H37N3O8/c1-12-7-9-32(10-8-12)11-14-5-6-15-13(2)16-18(23(34)17(15)22(14)33)26(37)29(40)20(24(16)35)21(31(3)4)25(36)19(27(29)38)28(30)39/h5-6,12-13,16,18-21,24,33,35,40H,7-11H2,1-4H3,(H2,30,39)/t13-,16+,18?,19?,20+,21-,24-,29?/m0/s1. The molecule has 5 rings (SSSR count). The number of amides is 1. The van der Waals surface area contributed by atoms with Gasteiger partial charge in [0.1, 0.15) is 5.75 Å². The van der Waals surface area contributed by atoms with Gasteiger partial charge in [-0.05, 0) is 57.4 Å². The molecule has 3 fully saturated rings. The molecule has 0 aromatic heterocycles. The van der Waals surface area contributed by atoms with Gasteiger partial charge in [0.2, 0.25) is 5.91 Å². The Morgan fingerprint density at radius 1 is 1.10 bits per heavy atom. The lowest BCUT2D eigenvalue weighted by Crippen LogP contribution is -2.77. The van der Waals surface area contributed by atoms with E-state index in [-0.39, 0.29) is 11.3 Å². The minimum Gasteiger partial charge on any atom is -0.507 e. The van der Waals surface area contributed by atoms with Crippen LogP contribution in [0.25, 0.3) is 0 Å². The molecular formula is C29H37N3O8. The number of nitrogens with zero attached hydrogens (tertiary/aromatic N) is 2. The van der Waals surface area contributed by atoms with Crippen LogP contribution in [0.15, 0.2) is 12.1 Å². The molecule has 40 heavy (non-hydrogen) atoms. The number of benzene rings is 1. The average molecular weight is 556 g/mol. The SMILES string of the molecule is CC1CCN(Cc2ccc3c(c2O)C(=O)C2C(=O)C4(O)C(=O)C(C(N)=O)C(=O)[C@@H](N(C)C)[C@@H]4[C@@H](O)[C@@H]2[C@H]3C)CC1. The van der Waals surface area contributed by atoms with Crippen molar-refractivity contribution in [3.8, 4) is 5.75 Å². The molecule has 8 atom stereocenters. The van der Waals surface area contributed by atoms with Crippen LogP contribution in [0.3, 0.4) is 0 Å². The van der Waals surface area contributed by atoms with Gasteiger partial charge < -0.3 is 21.1 Å². The van der Waals surface area contributed by atoms with Crippen molar-refractivity contribution in [3.63, 3.8) is 0 Å². The number of likely N-dealkylation sites (tertiary alicyclic amines) is 1. The zero-order chi connectivity index (χ0) is 29.4. The summed E-state index contributed by atoms with van der Waals surface area (Å²) in [6, 6.07) is 2.08. The zero-order valence-electron chi connectivity index (χ0n) is 23.2. The topological polar surface area (TPSA) is 179 Å². The summed E-state index contributed by atoms with van der Waals surface area (Å²) in [6.07, 6.45) is 0.411. The Hall–Kier alpha value is -2.99. The number of carbonyl (C=O) groups excluding carboxylic acids is 5. The van der Waals surface area contributed by atoms with Crippen LogP contribution in [0.5, 0.6) is 5.75 Å². The second-order valence-electron chi connectivity index (χ2n) is 12.4. The van der Waals surface area contributed by atoms with Crippen LogP contribution in [-0.4, -0.2) is 99.1 Å². The highest BCUT2D eigenvalue weighted by molar-refractivity contribution is 6.32. The molecule has 1 aromatic rings. The third-order valence-electron chi connectivity index (χ3n) is 9.84. The zero-order valence-corrected chi connectivity index (χ0v) is 23.2. The number of Topliss-reactive ketones (excluding diaryl/α,β-unsaturated/α-hetero) is 4. The van der Waals surface area contributed by atoms with E-state index in [1.165, 1.54) is 19.0 Å². The fourth-order valence-corrected chi connectivity index (χ4v) is 7.62. The van der Waals surface area contributed by atoms with Gasteiger partial charge in [-0.2, -0.15) is 0 Å². The van der Waals surface area contributed by atoms with Gasteiger partial charge in [0.15, 0.2) is 34.7 Å². The summed E-state index contributed by atoms with van der Waals surface area (Å²) in [5.74, 6) is -12.4. The quantitative estimate of drug-likeness (QED) is 0.358. The Morgan fingerprint density at radius 3 is 2.30 bits per heavy atom. The maximum atomic E-state index is 14.0. The first-order valence-corrected chi connectivity index (χ1v) is 13.8. The fourth-order valence-electron chi connectivity index (χ4n) is 7.62. The molecule has 3 aliphatic carbocycles. The van der Waals surface area contributed by atoms with E-state index in [9.17, 15) is 39.3 Å². The molecule has 11 nitrogen and oxygen atoms in total. The van der Waals surface area contributed by atoms with Crippen LogP contribution >= 0.6 is 0 Å². The maximum Gasteiger partial charge on any atom is 0.235 e. The number of rotatable bonds is 4. The number of phenols is 1.